The van der Waals surface area contributed by atoms with Gasteiger partial charge in [-0.15, -0.1) is 0 Å². The van der Waals surface area contributed by atoms with Gasteiger partial charge < -0.3 is 5.11 Å². The van der Waals surface area contributed by atoms with Gasteiger partial charge in [0.1, 0.15) is 4.90 Å². The van der Waals surface area contributed by atoms with Crippen molar-refractivity contribution in [2.45, 2.75) is 17.9 Å². The van der Waals surface area contributed by atoms with Crippen molar-refractivity contribution in [3.05, 3.63) is 65.2 Å². The first-order valence-corrected chi connectivity index (χ1v) is 8.04. The van der Waals surface area contributed by atoms with Crippen LogP contribution in [0.2, 0.25) is 0 Å². The molecule has 7 heteroatoms. The number of rotatable bonds is 6. The second kappa shape index (κ2) is 6.95. The number of benzene rings is 2. The molecule has 0 aliphatic heterocycles. The second-order valence-corrected chi connectivity index (χ2v) is 6.41. The predicted octanol–water partition coefficient (Wildman–Crippen LogP) is 1.98. The number of aliphatic hydroxyl groups excluding tert-OH is 1. The van der Waals surface area contributed by atoms with Crippen LogP contribution < -0.4 is 4.72 Å². The Morgan fingerprint density at radius 3 is 2.27 bits per heavy atom. The summed E-state index contributed by atoms with van der Waals surface area (Å²) in [6.07, 6.45) is 0.391. The van der Waals surface area contributed by atoms with E-state index in [2.05, 4.69) is 4.72 Å². The predicted molar refractivity (Wildman–Crippen MR) is 77.6 cm³/mol. The first kappa shape index (κ1) is 16.5. The molecule has 0 heterocycles. The van der Waals surface area contributed by atoms with E-state index in [1.54, 1.807) is 24.3 Å². The van der Waals surface area contributed by atoms with E-state index in [4.69, 9.17) is 5.11 Å². The fourth-order valence-corrected chi connectivity index (χ4v) is 3.03. The molecule has 0 radical (unpaired) electrons. The van der Waals surface area contributed by atoms with Gasteiger partial charge in [0.05, 0.1) is 6.61 Å². The standard InChI is InChI=1S/C15H15F2NO3S/c16-13-2-1-3-14(15(13)17)22(20,21)18-9-8-11-4-6-12(10-19)7-5-11/h1-7,18-19H,8-10H2. The molecular weight excluding hydrogens is 312 g/mol. The van der Waals surface area contributed by atoms with Crippen LogP contribution in [0.25, 0.3) is 0 Å². The fraction of sp³-hybridized carbons (Fsp3) is 0.200. The highest BCUT2D eigenvalue weighted by Gasteiger charge is 2.20. The van der Waals surface area contributed by atoms with Gasteiger partial charge in [0.2, 0.25) is 10.0 Å². The maximum Gasteiger partial charge on any atom is 0.243 e. The van der Waals surface area contributed by atoms with Gasteiger partial charge in [-0.25, -0.2) is 21.9 Å². The molecule has 2 rings (SSSR count). The average Bonchev–Trinajstić information content (AvgIpc) is 2.50. The zero-order chi connectivity index (χ0) is 16.2. The molecule has 0 saturated heterocycles. The Balaban J connectivity index is 2.02. The molecule has 0 saturated carbocycles. The normalized spacial score (nSPS) is 11.6. The molecule has 0 aromatic heterocycles. The number of aliphatic hydroxyl groups is 1. The fourth-order valence-electron chi connectivity index (χ4n) is 1.91. The highest BCUT2D eigenvalue weighted by atomic mass is 32.2. The zero-order valence-corrected chi connectivity index (χ0v) is 12.4. The van der Waals surface area contributed by atoms with E-state index in [9.17, 15) is 17.2 Å². The summed E-state index contributed by atoms with van der Waals surface area (Å²) in [6, 6.07) is 10.0. The molecule has 0 aliphatic rings. The summed E-state index contributed by atoms with van der Waals surface area (Å²) < 4.78 is 52.7. The van der Waals surface area contributed by atoms with Gasteiger partial charge in [-0.2, -0.15) is 0 Å². The molecule has 2 N–H and O–H groups in total. The zero-order valence-electron chi connectivity index (χ0n) is 11.6. The number of sulfonamides is 1. The van der Waals surface area contributed by atoms with Crippen molar-refractivity contribution in [1.29, 1.82) is 0 Å². The molecule has 4 nitrogen and oxygen atoms in total. The number of hydrogen-bond acceptors (Lipinski definition) is 3. The highest BCUT2D eigenvalue weighted by Crippen LogP contribution is 2.16. The van der Waals surface area contributed by atoms with Crippen molar-refractivity contribution >= 4 is 10.0 Å². The lowest BCUT2D eigenvalue weighted by molar-refractivity contribution is 0.282. The maximum atomic E-state index is 13.5. The molecule has 0 fully saturated rings. The second-order valence-electron chi connectivity index (χ2n) is 4.67. The van der Waals surface area contributed by atoms with Crippen molar-refractivity contribution in [2.24, 2.45) is 0 Å². The number of nitrogens with one attached hydrogen (secondary N) is 1. The summed E-state index contributed by atoms with van der Waals surface area (Å²) in [4.78, 5) is -0.705. The van der Waals surface area contributed by atoms with Crippen LogP contribution in [0.3, 0.4) is 0 Å². The summed E-state index contributed by atoms with van der Waals surface area (Å²) in [5, 5.41) is 8.93. The van der Waals surface area contributed by atoms with Crippen LogP contribution in [0.15, 0.2) is 47.4 Å². The van der Waals surface area contributed by atoms with Crippen LogP contribution in [-0.2, 0) is 23.1 Å². The third kappa shape index (κ3) is 3.88. The first-order valence-electron chi connectivity index (χ1n) is 6.56. The van der Waals surface area contributed by atoms with Crippen LogP contribution in [0.5, 0.6) is 0 Å². The largest absolute Gasteiger partial charge is 0.392 e. The Morgan fingerprint density at radius 1 is 1.00 bits per heavy atom. The lowest BCUT2D eigenvalue weighted by Crippen LogP contribution is -2.27. The molecule has 0 aliphatic carbocycles. The van der Waals surface area contributed by atoms with Crippen molar-refractivity contribution in [2.75, 3.05) is 6.54 Å². The van der Waals surface area contributed by atoms with E-state index in [1.807, 2.05) is 0 Å². The van der Waals surface area contributed by atoms with Gasteiger partial charge in [0, 0.05) is 6.54 Å². The Kier molecular flexibility index (Phi) is 5.23. The van der Waals surface area contributed by atoms with Gasteiger partial charge in [0.25, 0.3) is 0 Å². The van der Waals surface area contributed by atoms with Gasteiger partial charge in [-0.3, -0.25) is 0 Å². The topological polar surface area (TPSA) is 66.4 Å². The van der Waals surface area contributed by atoms with E-state index in [1.165, 1.54) is 0 Å². The average molecular weight is 327 g/mol. The van der Waals surface area contributed by atoms with E-state index in [0.29, 0.717) is 6.42 Å². The SMILES string of the molecule is O=S(=O)(NCCc1ccc(CO)cc1)c1cccc(F)c1F. The minimum Gasteiger partial charge on any atom is -0.392 e. The van der Waals surface area contributed by atoms with Gasteiger partial charge in [0.15, 0.2) is 11.6 Å². The number of halogens is 2. The van der Waals surface area contributed by atoms with Crippen LogP contribution in [0.4, 0.5) is 8.78 Å². The molecule has 118 valence electrons. The van der Waals surface area contributed by atoms with E-state index >= 15 is 0 Å². The van der Waals surface area contributed by atoms with Crippen molar-refractivity contribution in [3.8, 4) is 0 Å². The summed E-state index contributed by atoms with van der Waals surface area (Å²) in [5.41, 5.74) is 1.62. The Bertz CT molecular complexity index is 746. The summed E-state index contributed by atoms with van der Waals surface area (Å²) in [7, 11) is -4.10. The minimum absolute atomic E-state index is 0.0523. The molecule has 2 aromatic carbocycles. The summed E-state index contributed by atoms with van der Waals surface area (Å²) in [5.74, 6) is -2.59. The van der Waals surface area contributed by atoms with Crippen LogP contribution in [0.1, 0.15) is 11.1 Å². The van der Waals surface area contributed by atoms with E-state index in [-0.39, 0.29) is 13.2 Å². The quantitative estimate of drug-likeness (QED) is 0.852. The minimum atomic E-state index is -4.10. The number of hydrogen-bond donors (Lipinski definition) is 2. The lowest BCUT2D eigenvalue weighted by atomic mass is 10.1. The Hall–Kier alpha value is -1.83. The molecule has 2 aromatic rings. The van der Waals surface area contributed by atoms with Gasteiger partial charge in [-0.1, -0.05) is 30.3 Å². The third-order valence-electron chi connectivity index (χ3n) is 3.12. The van der Waals surface area contributed by atoms with Crippen molar-refractivity contribution < 1.29 is 22.3 Å². The molecule has 0 atom stereocenters. The molecule has 22 heavy (non-hydrogen) atoms. The Morgan fingerprint density at radius 2 is 1.64 bits per heavy atom. The van der Waals surface area contributed by atoms with E-state index < -0.39 is 26.6 Å². The molecule has 0 bridgehead atoms. The van der Waals surface area contributed by atoms with Gasteiger partial charge in [-0.05, 0) is 29.7 Å². The Labute approximate surface area is 127 Å². The third-order valence-corrected chi connectivity index (χ3v) is 4.60. The highest BCUT2D eigenvalue weighted by molar-refractivity contribution is 7.89. The van der Waals surface area contributed by atoms with E-state index in [0.717, 1.165) is 29.3 Å². The molecule has 0 amide bonds. The summed E-state index contributed by atoms with van der Waals surface area (Å²) >= 11 is 0. The maximum absolute atomic E-state index is 13.5. The first-order chi connectivity index (χ1) is 10.4. The smallest absolute Gasteiger partial charge is 0.243 e. The lowest BCUT2D eigenvalue weighted by Gasteiger charge is -2.08. The van der Waals surface area contributed by atoms with Crippen LogP contribution >= 0.6 is 0 Å². The monoisotopic (exact) mass is 327 g/mol. The molecular formula is C15H15F2NO3S. The van der Waals surface area contributed by atoms with Crippen molar-refractivity contribution in [1.82, 2.24) is 4.72 Å². The summed E-state index contributed by atoms with van der Waals surface area (Å²) in [6.45, 7) is -0.0114. The molecule has 0 unspecified atom stereocenters. The van der Waals surface area contributed by atoms with Crippen LogP contribution in [-0.4, -0.2) is 20.1 Å². The van der Waals surface area contributed by atoms with Crippen molar-refractivity contribution in [3.63, 3.8) is 0 Å². The van der Waals surface area contributed by atoms with Gasteiger partial charge >= 0.3 is 0 Å². The molecule has 0 spiro atoms. The van der Waals surface area contributed by atoms with Crippen LogP contribution in [0, 0.1) is 11.6 Å².